The monoisotopic (exact) mass is 705 g/mol. The Kier molecular flexibility index (Phi) is 24.0. The van der Waals surface area contributed by atoms with Gasteiger partial charge in [0.15, 0.2) is 6.29 Å². The average molecular weight is 706 g/mol. The molecule has 0 spiro atoms. The fraction of sp³-hybridized carbons (Fsp3) is 0.750. The highest BCUT2D eigenvalue weighted by molar-refractivity contribution is 5.89. The molecule has 1 aliphatic rings. The minimum atomic E-state index is -1.61. The second-order valence-corrected chi connectivity index (χ2v) is 13.7. The van der Waals surface area contributed by atoms with Crippen molar-refractivity contribution in [3.05, 3.63) is 48.0 Å². The summed E-state index contributed by atoms with van der Waals surface area (Å²) in [5.74, 6) is -0.776. The fourth-order valence-corrected chi connectivity index (χ4v) is 6.15. The maximum Gasteiger partial charge on any atom is 0.338 e. The molecule has 50 heavy (non-hydrogen) atoms. The standard InChI is InChI=1S/C40H67NO9/c1-3-5-7-9-11-12-13-14-15-16-17-19-24-28-35(43)41-32(30-48-40-38(46)37(45)36(44)34(29-42)50-40)33(27-23-18-10-8-6-4-2)49-39(47)31-25-21-20-22-26-31/h20-23,25-27,32-34,36-38,40,42,44-46H,3-19,24,28-30H2,1-2H3,(H,41,43)/b27-23+/t32-,33+,34+,36-,37-,38+,40+/m0/s1. The van der Waals surface area contributed by atoms with Crippen molar-refractivity contribution in [3.8, 4) is 0 Å². The van der Waals surface area contributed by atoms with Crippen LogP contribution in [-0.2, 0) is 19.0 Å². The van der Waals surface area contributed by atoms with E-state index in [1.165, 1.54) is 57.8 Å². The third-order valence-electron chi connectivity index (χ3n) is 9.34. The molecule has 1 fully saturated rings. The molecular formula is C40H67NO9. The summed E-state index contributed by atoms with van der Waals surface area (Å²) < 4.78 is 17.3. The number of hydrogen-bond donors (Lipinski definition) is 5. The van der Waals surface area contributed by atoms with Gasteiger partial charge in [0.25, 0.3) is 0 Å². The van der Waals surface area contributed by atoms with E-state index >= 15 is 0 Å². The molecule has 1 amide bonds. The Hall–Kier alpha value is -2.34. The minimum Gasteiger partial charge on any atom is -0.452 e. The maximum absolute atomic E-state index is 13.3. The first-order chi connectivity index (χ1) is 24.3. The van der Waals surface area contributed by atoms with E-state index in [0.717, 1.165) is 57.8 Å². The summed E-state index contributed by atoms with van der Waals surface area (Å²) in [6.07, 6.45) is 16.6. The van der Waals surface area contributed by atoms with Crippen molar-refractivity contribution in [2.24, 2.45) is 0 Å². The van der Waals surface area contributed by atoms with E-state index in [1.807, 2.05) is 6.08 Å². The Labute approximate surface area is 301 Å². The van der Waals surface area contributed by atoms with Crippen LogP contribution in [0.3, 0.4) is 0 Å². The number of rotatable bonds is 28. The van der Waals surface area contributed by atoms with E-state index in [4.69, 9.17) is 14.2 Å². The second-order valence-electron chi connectivity index (χ2n) is 13.7. The minimum absolute atomic E-state index is 0.215. The Balaban J connectivity index is 2.01. The van der Waals surface area contributed by atoms with Crippen LogP contribution in [0.4, 0.5) is 0 Å². The van der Waals surface area contributed by atoms with Crippen molar-refractivity contribution in [2.75, 3.05) is 13.2 Å². The lowest BCUT2D eigenvalue weighted by Gasteiger charge is -2.40. The topological polar surface area (TPSA) is 155 Å². The molecule has 0 unspecified atom stereocenters. The fourth-order valence-electron chi connectivity index (χ4n) is 6.15. The lowest BCUT2D eigenvalue weighted by Crippen LogP contribution is -2.60. The van der Waals surface area contributed by atoms with Crippen LogP contribution in [0.15, 0.2) is 42.5 Å². The van der Waals surface area contributed by atoms with Crippen LogP contribution in [0.1, 0.15) is 146 Å². The van der Waals surface area contributed by atoms with Gasteiger partial charge < -0.3 is 40.0 Å². The highest BCUT2D eigenvalue weighted by Gasteiger charge is 2.44. The van der Waals surface area contributed by atoms with Crippen LogP contribution >= 0.6 is 0 Å². The number of esters is 1. The molecule has 2 rings (SSSR count). The number of ether oxygens (including phenoxy) is 3. The van der Waals surface area contributed by atoms with E-state index in [0.29, 0.717) is 12.0 Å². The van der Waals surface area contributed by atoms with E-state index in [2.05, 4.69) is 19.2 Å². The van der Waals surface area contributed by atoms with Crippen molar-refractivity contribution < 1.29 is 44.2 Å². The van der Waals surface area contributed by atoms with Crippen molar-refractivity contribution in [2.45, 2.75) is 179 Å². The number of amides is 1. The number of aliphatic hydroxyl groups is 4. The second kappa shape index (κ2) is 27.3. The van der Waals surface area contributed by atoms with Crippen molar-refractivity contribution in [3.63, 3.8) is 0 Å². The molecule has 0 aromatic heterocycles. The molecule has 5 N–H and O–H groups in total. The number of hydrogen-bond acceptors (Lipinski definition) is 9. The zero-order chi connectivity index (χ0) is 36.4. The van der Waals surface area contributed by atoms with Crippen LogP contribution in [0.2, 0.25) is 0 Å². The highest BCUT2D eigenvalue weighted by Crippen LogP contribution is 2.23. The van der Waals surface area contributed by atoms with Crippen molar-refractivity contribution in [1.29, 1.82) is 0 Å². The summed E-state index contributed by atoms with van der Waals surface area (Å²) in [5, 5.41) is 43.6. The van der Waals surface area contributed by atoms with Crippen LogP contribution < -0.4 is 5.32 Å². The predicted octanol–water partition coefficient (Wildman–Crippen LogP) is 6.52. The lowest BCUT2D eigenvalue weighted by molar-refractivity contribution is -0.302. The number of carbonyl (C=O) groups is 2. The molecule has 10 nitrogen and oxygen atoms in total. The lowest BCUT2D eigenvalue weighted by atomic mass is 9.99. The first-order valence-corrected chi connectivity index (χ1v) is 19.5. The normalized spacial score (nSPS) is 22.0. The van der Waals surface area contributed by atoms with Gasteiger partial charge in [0.2, 0.25) is 5.91 Å². The van der Waals surface area contributed by atoms with Gasteiger partial charge in [-0.2, -0.15) is 0 Å². The Morgan fingerprint density at radius 2 is 1.34 bits per heavy atom. The Bertz CT molecular complexity index is 1040. The number of carbonyl (C=O) groups excluding carboxylic acids is 2. The predicted molar refractivity (Wildman–Crippen MR) is 196 cm³/mol. The molecule has 7 atom stereocenters. The maximum atomic E-state index is 13.3. The van der Waals surface area contributed by atoms with Crippen molar-refractivity contribution >= 4 is 11.9 Å². The number of unbranched alkanes of at least 4 members (excludes halogenated alkanes) is 16. The summed E-state index contributed by atoms with van der Waals surface area (Å²) in [6.45, 7) is 3.56. The van der Waals surface area contributed by atoms with Crippen LogP contribution in [0.5, 0.6) is 0 Å². The third kappa shape index (κ3) is 17.7. The van der Waals surface area contributed by atoms with E-state index in [1.54, 1.807) is 36.4 Å². The van der Waals surface area contributed by atoms with Gasteiger partial charge in [0, 0.05) is 6.42 Å². The first-order valence-electron chi connectivity index (χ1n) is 19.5. The van der Waals surface area contributed by atoms with Gasteiger partial charge in [-0.25, -0.2) is 4.79 Å². The van der Waals surface area contributed by atoms with Crippen LogP contribution in [-0.4, -0.2) is 88.4 Å². The number of benzene rings is 1. The van der Waals surface area contributed by atoms with Gasteiger partial charge in [-0.05, 0) is 37.5 Å². The van der Waals surface area contributed by atoms with E-state index < -0.39 is 55.4 Å². The molecule has 0 aliphatic carbocycles. The summed E-state index contributed by atoms with van der Waals surface area (Å²) in [4.78, 5) is 26.4. The molecule has 1 aliphatic heterocycles. The van der Waals surface area contributed by atoms with Crippen LogP contribution in [0, 0.1) is 0 Å². The number of aliphatic hydroxyl groups excluding tert-OH is 4. The largest absolute Gasteiger partial charge is 0.452 e. The summed E-state index contributed by atoms with van der Waals surface area (Å²) in [5.41, 5.74) is 0.362. The molecular weight excluding hydrogens is 638 g/mol. The van der Waals surface area contributed by atoms with E-state index in [9.17, 15) is 30.0 Å². The van der Waals surface area contributed by atoms with Gasteiger partial charge in [0.1, 0.15) is 30.5 Å². The van der Waals surface area contributed by atoms with Crippen LogP contribution in [0.25, 0.3) is 0 Å². The zero-order valence-corrected chi connectivity index (χ0v) is 30.8. The van der Waals surface area contributed by atoms with Gasteiger partial charge >= 0.3 is 5.97 Å². The van der Waals surface area contributed by atoms with Crippen molar-refractivity contribution in [1.82, 2.24) is 5.32 Å². The van der Waals surface area contributed by atoms with Gasteiger partial charge in [-0.3, -0.25) is 4.79 Å². The summed E-state index contributed by atoms with van der Waals surface area (Å²) >= 11 is 0. The molecule has 286 valence electrons. The zero-order valence-electron chi connectivity index (χ0n) is 30.8. The molecule has 1 saturated heterocycles. The van der Waals surface area contributed by atoms with Gasteiger partial charge in [0.05, 0.1) is 24.8 Å². The summed E-state index contributed by atoms with van der Waals surface area (Å²) in [6, 6.07) is 7.74. The molecule has 0 radical (unpaired) electrons. The Morgan fingerprint density at radius 1 is 0.780 bits per heavy atom. The molecule has 0 saturated carbocycles. The van der Waals surface area contributed by atoms with E-state index in [-0.39, 0.29) is 12.5 Å². The first kappa shape index (κ1) is 43.8. The molecule has 0 bridgehead atoms. The molecule has 1 aromatic carbocycles. The number of nitrogens with one attached hydrogen (secondary N) is 1. The third-order valence-corrected chi connectivity index (χ3v) is 9.34. The highest BCUT2D eigenvalue weighted by atomic mass is 16.7. The smallest absolute Gasteiger partial charge is 0.338 e. The van der Waals surface area contributed by atoms with Gasteiger partial charge in [-0.1, -0.05) is 134 Å². The quantitative estimate of drug-likeness (QED) is 0.0372. The number of allylic oxidation sites excluding steroid dienone is 1. The molecule has 1 aromatic rings. The molecule has 1 heterocycles. The Morgan fingerprint density at radius 3 is 1.92 bits per heavy atom. The summed E-state index contributed by atoms with van der Waals surface area (Å²) in [7, 11) is 0. The SMILES string of the molecule is CCCCCC/C=C/[C@@H](OC(=O)c1ccccc1)[C@H](CO[C@@H]1O[C@H](CO)[C@H](O)[C@H](O)[C@H]1O)NC(=O)CCCCCCCCCCCCCCC. The van der Waals surface area contributed by atoms with Gasteiger partial charge in [-0.15, -0.1) is 0 Å². The average Bonchev–Trinajstić information content (AvgIpc) is 3.13. The molecule has 10 heteroatoms.